The summed E-state index contributed by atoms with van der Waals surface area (Å²) in [5.41, 5.74) is 5.65. The van der Waals surface area contributed by atoms with Crippen LogP contribution in [0.2, 0.25) is 0 Å². The van der Waals surface area contributed by atoms with Gasteiger partial charge in [0.25, 0.3) is 0 Å². The van der Waals surface area contributed by atoms with E-state index in [1.807, 2.05) is 0 Å². The summed E-state index contributed by atoms with van der Waals surface area (Å²) in [6.45, 7) is 7.13. The van der Waals surface area contributed by atoms with E-state index in [0.717, 1.165) is 19.1 Å². The van der Waals surface area contributed by atoms with Crippen molar-refractivity contribution < 1.29 is 0 Å². The molecule has 4 heteroatoms. The van der Waals surface area contributed by atoms with E-state index in [0.29, 0.717) is 0 Å². The first-order valence-corrected chi connectivity index (χ1v) is 6.56. The van der Waals surface area contributed by atoms with Crippen molar-refractivity contribution in [1.82, 2.24) is 9.80 Å². The summed E-state index contributed by atoms with van der Waals surface area (Å²) in [7, 11) is 0. The van der Waals surface area contributed by atoms with E-state index in [2.05, 4.69) is 9.80 Å². The Morgan fingerprint density at radius 1 is 1.00 bits per heavy atom. The van der Waals surface area contributed by atoms with Gasteiger partial charge in [-0.05, 0) is 45.3 Å². The molecule has 1 atom stereocenters. The number of nitrogens with two attached hydrogens (primary N) is 1. The maximum atomic E-state index is 5.65. The van der Waals surface area contributed by atoms with Crippen molar-refractivity contribution in [2.45, 2.75) is 38.1 Å². The first-order valence-electron chi connectivity index (χ1n) is 6.56. The Labute approximate surface area is 106 Å². The zero-order valence-corrected chi connectivity index (χ0v) is 11.1. The minimum Gasteiger partial charge on any atom is -0.329 e. The monoisotopic (exact) mass is 247 g/mol. The highest BCUT2D eigenvalue weighted by atomic mass is 35.5. The lowest BCUT2D eigenvalue weighted by atomic mass is 10.1. The van der Waals surface area contributed by atoms with Gasteiger partial charge in [-0.25, -0.2) is 0 Å². The van der Waals surface area contributed by atoms with Crippen LogP contribution in [0.3, 0.4) is 0 Å². The number of hydrogen-bond acceptors (Lipinski definition) is 3. The van der Waals surface area contributed by atoms with Crippen molar-refractivity contribution in [2.75, 3.05) is 39.3 Å². The molecule has 2 rings (SSSR count). The Hall–Kier alpha value is 0.170. The molecule has 0 aromatic heterocycles. The van der Waals surface area contributed by atoms with Gasteiger partial charge in [0.15, 0.2) is 0 Å². The third-order valence-corrected chi connectivity index (χ3v) is 3.83. The molecular formula is C12H26ClN3. The van der Waals surface area contributed by atoms with Crippen molar-refractivity contribution in [3.63, 3.8) is 0 Å². The highest BCUT2D eigenvalue weighted by Crippen LogP contribution is 2.19. The zero-order valence-electron chi connectivity index (χ0n) is 10.2. The van der Waals surface area contributed by atoms with Gasteiger partial charge in [-0.3, -0.25) is 4.90 Å². The van der Waals surface area contributed by atoms with Gasteiger partial charge < -0.3 is 10.6 Å². The molecule has 3 nitrogen and oxygen atoms in total. The molecule has 16 heavy (non-hydrogen) atoms. The summed E-state index contributed by atoms with van der Waals surface area (Å²) in [4.78, 5) is 5.25. The third-order valence-electron chi connectivity index (χ3n) is 3.83. The van der Waals surface area contributed by atoms with Crippen molar-refractivity contribution in [3.05, 3.63) is 0 Å². The largest absolute Gasteiger partial charge is 0.329 e. The first kappa shape index (κ1) is 14.2. The van der Waals surface area contributed by atoms with Crippen LogP contribution in [-0.2, 0) is 0 Å². The number of hydrogen-bond donors (Lipinski definition) is 1. The predicted octanol–water partition coefficient (Wildman–Crippen LogP) is 1.32. The molecule has 0 amide bonds. The van der Waals surface area contributed by atoms with Crippen molar-refractivity contribution in [3.8, 4) is 0 Å². The fourth-order valence-corrected chi connectivity index (χ4v) is 3.00. The molecule has 0 saturated carbocycles. The lowest BCUT2D eigenvalue weighted by Gasteiger charge is -2.32. The van der Waals surface area contributed by atoms with Crippen LogP contribution in [-0.4, -0.2) is 55.1 Å². The van der Waals surface area contributed by atoms with Crippen LogP contribution in [0.15, 0.2) is 0 Å². The lowest BCUT2D eigenvalue weighted by molar-refractivity contribution is 0.155. The smallest absolute Gasteiger partial charge is 0.0224 e. The molecule has 0 aliphatic carbocycles. The molecular weight excluding hydrogens is 222 g/mol. The van der Waals surface area contributed by atoms with Crippen molar-refractivity contribution in [1.29, 1.82) is 0 Å². The van der Waals surface area contributed by atoms with E-state index in [1.165, 1.54) is 58.3 Å². The highest BCUT2D eigenvalue weighted by molar-refractivity contribution is 5.85. The fraction of sp³-hybridized carbons (Fsp3) is 1.00. The molecule has 2 aliphatic heterocycles. The molecule has 0 spiro atoms. The number of halogens is 1. The van der Waals surface area contributed by atoms with Crippen LogP contribution >= 0.6 is 12.4 Å². The summed E-state index contributed by atoms with van der Waals surface area (Å²) >= 11 is 0. The van der Waals surface area contributed by atoms with Gasteiger partial charge in [0.2, 0.25) is 0 Å². The first-order chi connectivity index (χ1) is 7.40. The molecule has 96 valence electrons. The Balaban J connectivity index is 0.00000128. The second-order valence-electron chi connectivity index (χ2n) is 4.98. The third kappa shape index (κ3) is 3.88. The van der Waals surface area contributed by atoms with E-state index in [-0.39, 0.29) is 12.4 Å². The number of piperidine rings is 1. The minimum atomic E-state index is 0. The van der Waals surface area contributed by atoms with Crippen LogP contribution in [0.4, 0.5) is 0 Å². The molecule has 2 N–H and O–H groups in total. The minimum absolute atomic E-state index is 0. The second-order valence-corrected chi connectivity index (χ2v) is 4.98. The van der Waals surface area contributed by atoms with Gasteiger partial charge in [0, 0.05) is 25.7 Å². The predicted molar refractivity (Wildman–Crippen MR) is 71.2 cm³/mol. The standard InChI is InChI=1S/C12H25N3.ClH/c13-6-10-15-9-4-5-12(15)11-14-7-2-1-3-8-14;/h12H,1-11,13H2;1H. The average molecular weight is 248 g/mol. The van der Waals surface area contributed by atoms with E-state index in [1.54, 1.807) is 0 Å². The van der Waals surface area contributed by atoms with E-state index in [4.69, 9.17) is 5.73 Å². The molecule has 2 aliphatic rings. The molecule has 0 radical (unpaired) electrons. The lowest BCUT2D eigenvalue weighted by Crippen LogP contribution is -2.43. The van der Waals surface area contributed by atoms with Gasteiger partial charge in [-0.2, -0.15) is 0 Å². The number of nitrogens with zero attached hydrogens (tertiary/aromatic N) is 2. The van der Waals surface area contributed by atoms with E-state index < -0.39 is 0 Å². The summed E-state index contributed by atoms with van der Waals surface area (Å²) in [6, 6.07) is 0.798. The summed E-state index contributed by atoms with van der Waals surface area (Å²) in [5, 5.41) is 0. The van der Waals surface area contributed by atoms with Crippen LogP contribution in [0.1, 0.15) is 32.1 Å². The van der Waals surface area contributed by atoms with E-state index in [9.17, 15) is 0 Å². The van der Waals surface area contributed by atoms with Gasteiger partial charge >= 0.3 is 0 Å². The van der Waals surface area contributed by atoms with Gasteiger partial charge in [0.05, 0.1) is 0 Å². The Kier molecular flexibility index (Phi) is 6.66. The van der Waals surface area contributed by atoms with Gasteiger partial charge in [-0.15, -0.1) is 12.4 Å². The summed E-state index contributed by atoms with van der Waals surface area (Å²) in [5.74, 6) is 0. The normalized spacial score (nSPS) is 27.9. The molecule has 1 unspecified atom stereocenters. The van der Waals surface area contributed by atoms with Crippen LogP contribution < -0.4 is 5.73 Å². The number of likely N-dealkylation sites (tertiary alicyclic amines) is 2. The Bertz CT molecular complexity index is 183. The molecule has 0 aromatic carbocycles. The fourth-order valence-electron chi connectivity index (χ4n) is 3.00. The molecule has 2 fully saturated rings. The Morgan fingerprint density at radius 3 is 2.44 bits per heavy atom. The van der Waals surface area contributed by atoms with Crippen molar-refractivity contribution in [2.24, 2.45) is 5.73 Å². The SMILES string of the molecule is Cl.NCCN1CCCC1CN1CCCCC1. The van der Waals surface area contributed by atoms with Crippen LogP contribution in [0.5, 0.6) is 0 Å². The van der Waals surface area contributed by atoms with E-state index >= 15 is 0 Å². The van der Waals surface area contributed by atoms with Crippen molar-refractivity contribution >= 4 is 12.4 Å². The Morgan fingerprint density at radius 2 is 1.75 bits per heavy atom. The van der Waals surface area contributed by atoms with Crippen LogP contribution in [0.25, 0.3) is 0 Å². The summed E-state index contributed by atoms with van der Waals surface area (Å²) in [6.07, 6.45) is 7.01. The summed E-state index contributed by atoms with van der Waals surface area (Å²) < 4.78 is 0. The highest BCUT2D eigenvalue weighted by Gasteiger charge is 2.25. The molecule has 2 heterocycles. The second kappa shape index (κ2) is 7.49. The molecule has 2 saturated heterocycles. The average Bonchev–Trinajstić information content (AvgIpc) is 2.68. The van der Waals surface area contributed by atoms with Gasteiger partial charge in [-0.1, -0.05) is 6.42 Å². The van der Waals surface area contributed by atoms with Crippen LogP contribution in [0, 0.1) is 0 Å². The zero-order chi connectivity index (χ0) is 10.5. The maximum absolute atomic E-state index is 5.65. The molecule has 0 bridgehead atoms. The molecule has 0 aromatic rings. The van der Waals surface area contributed by atoms with Gasteiger partial charge in [0.1, 0.15) is 0 Å². The maximum Gasteiger partial charge on any atom is 0.0224 e. The number of rotatable bonds is 4. The topological polar surface area (TPSA) is 32.5 Å². The quantitative estimate of drug-likeness (QED) is 0.814.